The van der Waals surface area contributed by atoms with Crippen molar-refractivity contribution in [3.05, 3.63) is 16.1 Å². The molecular weight excluding hydrogens is 241 g/mol. The molecule has 0 aromatic carbocycles. The van der Waals surface area contributed by atoms with E-state index in [9.17, 15) is 13.2 Å². The van der Waals surface area contributed by atoms with E-state index in [0.29, 0.717) is 12.2 Å². The Morgan fingerprint density at radius 2 is 2.25 bits per heavy atom. The Bertz CT molecular complexity index is 314. The molecule has 7 heteroatoms. The van der Waals surface area contributed by atoms with Gasteiger partial charge in [0.1, 0.15) is 11.6 Å². The summed E-state index contributed by atoms with van der Waals surface area (Å²) in [7, 11) is 0. The molecule has 16 heavy (non-hydrogen) atoms. The first kappa shape index (κ1) is 13.4. The smallest absolute Gasteiger partial charge is 0.366 e. The lowest BCUT2D eigenvalue weighted by Gasteiger charge is -2.05. The topological polar surface area (TPSA) is 34.2 Å². The van der Waals surface area contributed by atoms with E-state index in [-0.39, 0.29) is 6.61 Å². The van der Waals surface area contributed by atoms with Crippen molar-refractivity contribution in [2.24, 2.45) is 0 Å². The van der Waals surface area contributed by atoms with Crippen LogP contribution in [0.2, 0.25) is 0 Å². The summed E-state index contributed by atoms with van der Waals surface area (Å²) >= 11 is 1.41. The van der Waals surface area contributed by atoms with Crippen molar-refractivity contribution in [2.75, 3.05) is 13.2 Å². The lowest BCUT2D eigenvalue weighted by molar-refractivity contribution is -0.176. The number of halogens is 3. The number of hydrogen-bond acceptors (Lipinski definition) is 4. The first-order valence-electron chi connectivity index (χ1n) is 4.79. The third-order valence-corrected chi connectivity index (χ3v) is 2.54. The van der Waals surface area contributed by atoms with Crippen LogP contribution < -0.4 is 5.32 Å². The van der Waals surface area contributed by atoms with Crippen molar-refractivity contribution >= 4 is 11.3 Å². The number of rotatable bonds is 6. The van der Waals surface area contributed by atoms with Gasteiger partial charge in [-0.15, -0.1) is 11.3 Å². The van der Waals surface area contributed by atoms with Gasteiger partial charge >= 0.3 is 6.18 Å². The van der Waals surface area contributed by atoms with E-state index in [1.165, 1.54) is 11.3 Å². The number of nitrogens with one attached hydrogen (secondary N) is 1. The van der Waals surface area contributed by atoms with Crippen molar-refractivity contribution in [3.63, 3.8) is 0 Å². The van der Waals surface area contributed by atoms with Gasteiger partial charge in [0.15, 0.2) is 0 Å². The second-order valence-corrected chi connectivity index (χ2v) is 4.06. The number of aromatic nitrogens is 1. The second-order valence-electron chi connectivity index (χ2n) is 3.12. The Balaban J connectivity index is 2.29. The van der Waals surface area contributed by atoms with Crippen molar-refractivity contribution in [2.45, 2.75) is 26.3 Å². The lowest BCUT2D eigenvalue weighted by atomic mass is 10.5. The Morgan fingerprint density at radius 1 is 1.50 bits per heavy atom. The fourth-order valence-corrected chi connectivity index (χ4v) is 1.75. The van der Waals surface area contributed by atoms with Crippen molar-refractivity contribution < 1.29 is 17.9 Å². The lowest BCUT2D eigenvalue weighted by Crippen LogP contribution is -2.16. The van der Waals surface area contributed by atoms with Gasteiger partial charge in [-0.05, 0) is 6.54 Å². The molecule has 0 aliphatic rings. The molecule has 0 atom stereocenters. The van der Waals surface area contributed by atoms with Gasteiger partial charge in [-0.2, -0.15) is 13.2 Å². The summed E-state index contributed by atoms with van der Waals surface area (Å²) in [5, 5.41) is 5.65. The van der Waals surface area contributed by atoms with E-state index in [0.717, 1.165) is 11.6 Å². The van der Waals surface area contributed by atoms with Crippen LogP contribution in [0.15, 0.2) is 5.38 Å². The Labute approximate surface area is 95.6 Å². The molecular formula is C9H13F3N2OS. The zero-order chi connectivity index (χ0) is 12.0. The van der Waals surface area contributed by atoms with E-state index in [4.69, 9.17) is 0 Å². The molecule has 0 aliphatic carbocycles. The van der Waals surface area contributed by atoms with E-state index >= 15 is 0 Å². The third kappa shape index (κ3) is 5.43. The van der Waals surface area contributed by atoms with Crippen LogP contribution in [0.1, 0.15) is 17.6 Å². The number of thiazole rings is 1. The normalized spacial score (nSPS) is 12.0. The molecule has 0 spiro atoms. The van der Waals surface area contributed by atoms with Crippen LogP contribution in [-0.4, -0.2) is 24.3 Å². The summed E-state index contributed by atoms with van der Waals surface area (Å²) in [5.74, 6) is 0. The summed E-state index contributed by atoms with van der Waals surface area (Å²) in [4.78, 5) is 4.13. The second kappa shape index (κ2) is 6.17. The van der Waals surface area contributed by atoms with Gasteiger partial charge in [0, 0.05) is 11.9 Å². The fourth-order valence-electron chi connectivity index (χ4n) is 1.000. The molecule has 92 valence electrons. The highest BCUT2D eigenvalue weighted by atomic mass is 32.1. The SMILES string of the molecule is CCNCc1nc(COCC(F)(F)F)cs1. The maximum atomic E-state index is 11.8. The number of ether oxygens (including phenoxy) is 1. The predicted octanol–water partition coefficient (Wildman–Crippen LogP) is 2.33. The molecule has 1 rings (SSSR count). The highest BCUT2D eigenvalue weighted by Gasteiger charge is 2.27. The molecule has 0 radical (unpaired) electrons. The molecule has 0 bridgehead atoms. The standard InChI is InChI=1S/C9H13F3N2OS/c1-2-13-3-8-14-7(5-16-8)4-15-6-9(10,11)12/h5,13H,2-4,6H2,1H3. The molecule has 1 aromatic rings. The zero-order valence-corrected chi connectivity index (χ0v) is 9.62. The first-order chi connectivity index (χ1) is 7.51. The molecule has 3 nitrogen and oxygen atoms in total. The van der Waals surface area contributed by atoms with Gasteiger partial charge < -0.3 is 10.1 Å². The van der Waals surface area contributed by atoms with Crippen molar-refractivity contribution in [1.82, 2.24) is 10.3 Å². The van der Waals surface area contributed by atoms with E-state index < -0.39 is 12.8 Å². The minimum atomic E-state index is -4.28. The maximum Gasteiger partial charge on any atom is 0.411 e. The Hall–Kier alpha value is -0.660. The van der Waals surface area contributed by atoms with Crippen LogP contribution in [0.5, 0.6) is 0 Å². The van der Waals surface area contributed by atoms with Crippen LogP contribution in [0.3, 0.4) is 0 Å². The highest BCUT2D eigenvalue weighted by molar-refractivity contribution is 7.09. The van der Waals surface area contributed by atoms with E-state index in [1.54, 1.807) is 5.38 Å². The average Bonchev–Trinajstić information content (AvgIpc) is 2.61. The minimum Gasteiger partial charge on any atom is -0.366 e. The van der Waals surface area contributed by atoms with E-state index in [1.807, 2.05) is 6.92 Å². The molecule has 0 unspecified atom stereocenters. The van der Waals surface area contributed by atoms with Crippen LogP contribution in [0.4, 0.5) is 13.2 Å². The number of nitrogens with zero attached hydrogens (tertiary/aromatic N) is 1. The molecule has 1 N–H and O–H groups in total. The zero-order valence-electron chi connectivity index (χ0n) is 8.80. The fraction of sp³-hybridized carbons (Fsp3) is 0.667. The predicted molar refractivity (Wildman–Crippen MR) is 55.2 cm³/mol. The minimum absolute atomic E-state index is 0.0951. The molecule has 0 fully saturated rings. The monoisotopic (exact) mass is 254 g/mol. The summed E-state index contributed by atoms with van der Waals surface area (Å²) in [5.41, 5.74) is 0.544. The summed E-state index contributed by atoms with van der Waals surface area (Å²) < 4.78 is 39.8. The summed E-state index contributed by atoms with van der Waals surface area (Å²) in [6.45, 7) is 2.12. The Morgan fingerprint density at radius 3 is 2.88 bits per heavy atom. The molecule has 0 saturated heterocycles. The summed E-state index contributed by atoms with van der Waals surface area (Å²) in [6, 6.07) is 0. The average molecular weight is 254 g/mol. The maximum absolute atomic E-state index is 11.8. The molecule has 1 aromatic heterocycles. The molecule has 0 amide bonds. The van der Waals surface area contributed by atoms with Gasteiger partial charge in [-0.25, -0.2) is 4.98 Å². The van der Waals surface area contributed by atoms with Gasteiger partial charge in [0.05, 0.1) is 12.3 Å². The number of alkyl halides is 3. The number of hydrogen-bond donors (Lipinski definition) is 1. The van der Waals surface area contributed by atoms with Crippen LogP contribution in [0, 0.1) is 0 Å². The van der Waals surface area contributed by atoms with Crippen molar-refractivity contribution in [1.29, 1.82) is 0 Å². The van der Waals surface area contributed by atoms with Crippen molar-refractivity contribution in [3.8, 4) is 0 Å². The van der Waals surface area contributed by atoms with Crippen LogP contribution in [0.25, 0.3) is 0 Å². The van der Waals surface area contributed by atoms with Gasteiger partial charge in [-0.1, -0.05) is 6.92 Å². The first-order valence-corrected chi connectivity index (χ1v) is 5.67. The highest BCUT2D eigenvalue weighted by Crippen LogP contribution is 2.16. The molecule has 1 heterocycles. The summed E-state index contributed by atoms with van der Waals surface area (Å²) in [6.07, 6.45) is -4.28. The quantitative estimate of drug-likeness (QED) is 0.846. The van der Waals surface area contributed by atoms with Gasteiger partial charge in [-0.3, -0.25) is 0 Å². The molecule has 0 aliphatic heterocycles. The molecule has 0 saturated carbocycles. The third-order valence-electron chi connectivity index (χ3n) is 1.64. The largest absolute Gasteiger partial charge is 0.411 e. The van der Waals surface area contributed by atoms with Gasteiger partial charge in [0.2, 0.25) is 0 Å². The Kier molecular flexibility index (Phi) is 5.17. The van der Waals surface area contributed by atoms with Crippen LogP contribution in [-0.2, 0) is 17.9 Å². The van der Waals surface area contributed by atoms with Crippen LogP contribution >= 0.6 is 11.3 Å². The van der Waals surface area contributed by atoms with Gasteiger partial charge in [0.25, 0.3) is 0 Å². The van der Waals surface area contributed by atoms with E-state index in [2.05, 4.69) is 15.0 Å².